The summed E-state index contributed by atoms with van der Waals surface area (Å²) >= 11 is 0. The van der Waals surface area contributed by atoms with E-state index >= 15 is 0 Å². The molecule has 1 saturated carbocycles. The van der Waals surface area contributed by atoms with Crippen molar-refractivity contribution in [3.8, 4) is 11.4 Å². The molecule has 0 spiro atoms. The van der Waals surface area contributed by atoms with Crippen molar-refractivity contribution in [2.24, 2.45) is 0 Å². The Balaban J connectivity index is 1.36. The van der Waals surface area contributed by atoms with Crippen molar-refractivity contribution in [2.45, 2.75) is 44.7 Å². The number of aromatic nitrogens is 5. The van der Waals surface area contributed by atoms with Gasteiger partial charge in [-0.05, 0) is 56.4 Å². The topological polar surface area (TPSA) is 68.5 Å². The molecule has 29 heavy (non-hydrogen) atoms. The number of pyridine rings is 1. The molecule has 0 aliphatic heterocycles. The second-order valence-electron chi connectivity index (χ2n) is 7.88. The second kappa shape index (κ2) is 6.65. The van der Waals surface area contributed by atoms with Crippen molar-refractivity contribution in [1.82, 2.24) is 24.5 Å². The molecule has 6 heteroatoms. The molecular formula is C23H22N6. The van der Waals surface area contributed by atoms with Crippen LogP contribution in [0.5, 0.6) is 0 Å². The lowest BCUT2D eigenvalue weighted by Gasteiger charge is -2.13. The van der Waals surface area contributed by atoms with E-state index in [1.165, 1.54) is 29.6 Å². The molecule has 144 valence electrons. The van der Waals surface area contributed by atoms with Crippen LogP contribution in [-0.2, 0) is 19.4 Å². The maximum absolute atomic E-state index is 4.91. The molecule has 1 aromatic carbocycles. The number of fused-ring (bicyclic) bond motifs is 2. The Labute approximate surface area is 169 Å². The van der Waals surface area contributed by atoms with Crippen LogP contribution in [0.15, 0.2) is 48.8 Å². The lowest BCUT2D eigenvalue weighted by atomic mass is 10.2. The minimum atomic E-state index is 0.586. The largest absolute Gasteiger partial charge is 0.362 e. The number of nitrogens with one attached hydrogen (secondary N) is 1. The maximum Gasteiger partial charge on any atom is 0.161 e. The Bertz CT molecular complexity index is 1190. The van der Waals surface area contributed by atoms with Crippen LogP contribution < -0.4 is 5.32 Å². The van der Waals surface area contributed by atoms with Gasteiger partial charge in [-0.25, -0.2) is 15.0 Å². The minimum absolute atomic E-state index is 0.586. The fraction of sp³-hybridized carbons (Fsp3) is 0.304. The number of rotatable bonds is 5. The van der Waals surface area contributed by atoms with E-state index in [-0.39, 0.29) is 0 Å². The number of anilines is 1. The molecule has 0 amide bonds. The predicted octanol–water partition coefficient (Wildman–Crippen LogP) is 4.32. The van der Waals surface area contributed by atoms with Crippen molar-refractivity contribution < 1.29 is 0 Å². The average molecular weight is 382 g/mol. The van der Waals surface area contributed by atoms with Crippen LogP contribution in [0.2, 0.25) is 0 Å². The number of nitrogens with zero attached hydrogens (tertiary/aromatic N) is 5. The lowest BCUT2D eigenvalue weighted by Crippen LogP contribution is -2.11. The van der Waals surface area contributed by atoms with Crippen LogP contribution in [0.1, 0.15) is 42.4 Å². The van der Waals surface area contributed by atoms with Crippen LogP contribution in [-0.4, -0.2) is 24.5 Å². The first-order valence-corrected chi connectivity index (χ1v) is 10.4. The summed E-state index contributed by atoms with van der Waals surface area (Å²) in [5.41, 5.74) is 5.74. The summed E-state index contributed by atoms with van der Waals surface area (Å²) in [6.07, 6.45) is 9.25. The van der Waals surface area contributed by atoms with Gasteiger partial charge >= 0.3 is 0 Å². The number of aryl methyl sites for hydroxylation is 1. The number of hydrogen-bond acceptors (Lipinski definition) is 5. The van der Waals surface area contributed by atoms with Crippen molar-refractivity contribution >= 4 is 16.9 Å². The van der Waals surface area contributed by atoms with Gasteiger partial charge in [0, 0.05) is 35.3 Å². The molecular weight excluding hydrogens is 360 g/mol. The third-order valence-electron chi connectivity index (χ3n) is 5.87. The third-order valence-corrected chi connectivity index (χ3v) is 5.87. The summed E-state index contributed by atoms with van der Waals surface area (Å²) in [6.45, 7) is 0.671. The first-order chi connectivity index (χ1) is 14.4. The Morgan fingerprint density at radius 2 is 1.83 bits per heavy atom. The molecule has 4 aromatic rings. The van der Waals surface area contributed by atoms with Gasteiger partial charge in [0.05, 0.1) is 17.6 Å². The highest BCUT2D eigenvalue weighted by atomic mass is 15.2. The van der Waals surface area contributed by atoms with Crippen LogP contribution in [0.4, 0.5) is 5.82 Å². The van der Waals surface area contributed by atoms with Crippen molar-refractivity contribution in [2.75, 3.05) is 5.32 Å². The number of benzene rings is 1. The van der Waals surface area contributed by atoms with E-state index < -0.39 is 0 Å². The highest BCUT2D eigenvalue weighted by Gasteiger charge is 2.28. The zero-order valence-corrected chi connectivity index (χ0v) is 16.2. The SMILES string of the molecule is c1ccc2c(c1)nc(CNc1nc(-c3ccncc3)nc3c1CCC3)n2C1CC1. The van der Waals surface area contributed by atoms with Gasteiger partial charge in [-0.1, -0.05) is 12.1 Å². The molecule has 0 saturated heterocycles. The molecule has 1 fully saturated rings. The molecule has 3 aromatic heterocycles. The zero-order valence-electron chi connectivity index (χ0n) is 16.2. The smallest absolute Gasteiger partial charge is 0.161 e. The van der Waals surface area contributed by atoms with Crippen LogP contribution in [0, 0.1) is 0 Å². The molecule has 2 aliphatic carbocycles. The lowest BCUT2D eigenvalue weighted by molar-refractivity contribution is 0.710. The van der Waals surface area contributed by atoms with E-state index in [0.717, 1.165) is 47.8 Å². The second-order valence-corrected chi connectivity index (χ2v) is 7.88. The van der Waals surface area contributed by atoms with Crippen molar-refractivity contribution in [1.29, 1.82) is 0 Å². The predicted molar refractivity (Wildman–Crippen MR) is 113 cm³/mol. The Morgan fingerprint density at radius 1 is 0.966 bits per heavy atom. The number of imidazole rings is 1. The zero-order chi connectivity index (χ0) is 19.2. The first-order valence-electron chi connectivity index (χ1n) is 10.4. The Kier molecular flexibility index (Phi) is 3.82. The highest BCUT2D eigenvalue weighted by Crippen LogP contribution is 2.39. The van der Waals surface area contributed by atoms with E-state index in [0.29, 0.717) is 12.6 Å². The number of para-hydroxylation sites is 2. The Hall–Kier alpha value is -3.28. The number of hydrogen-bond donors (Lipinski definition) is 1. The standard InChI is InChI=1S/C23H22N6/c1-2-7-20-19(5-1)26-21(29(20)16-8-9-16)14-25-23-17-4-3-6-18(17)27-22(28-23)15-10-12-24-13-11-15/h1-2,5,7,10-13,16H,3-4,6,8-9,14H2,(H,25,27,28). The summed E-state index contributed by atoms with van der Waals surface area (Å²) in [6, 6.07) is 12.9. The molecule has 1 N–H and O–H groups in total. The summed E-state index contributed by atoms with van der Waals surface area (Å²) in [5.74, 6) is 2.81. The Morgan fingerprint density at radius 3 is 2.69 bits per heavy atom. The summed E-state index contributed by atoms with van der Waals surface area (Å²) in [4.78, 5) is 18.7. The van der Waals surface area contributed by atoms with Crippen molar-refractivity contribution in [3.05, 3.63) is 65.9 Å². The molecule has 0 radical (unpaired) electrons. The average Bonchev–Trinajstić information content (AvgIpc) is 3.36. The van der Waals surface area contributed by atoms with Gasteiger partial charge in [0.2, 0.25) is 0 Å². The highest BCUT2D eigenvalue weighted by molar-refractivity contribution is 5.76. The normalized spacial score (nSPS) is 15.6. The van der Waals surface area contributed by atoms with E-state index in [4.69, 9.17) is 15.0 Å². The molecule has 3 heterocycles. The van der Waals surface area contributed by atoms with Gasteiger partial charge in [0.1, 0.15) is 11.6 Å². The molecule has 6 rings (SSSR count). The van der Waals surface area contributed by atoms with Gasteiger partial charge in [-0.3, -0.25) is 4.98 Å². The van der Waals surface area contributed by atoms with E-state index in [1.807, 2.05) is 12.1 Å². The molecule has 0 unspecified atom stereocenters. The molecule has 0 bridgehead atoms. The van der Waals surface area contributed by atoms with Gasteiger partial charge < -0.3 is 9.88 Å². The first kappa shape index (κ1) is 16.7. The molecule has 6 nitrogen and oxygen atoms in total. The van der Waals surface area contributed by atoms with Crippen molar-refractivity contribution in [3.63, 3.8) is 0 Å². The monoisotopic (exact) mass is 382 g/mol. The summed E-state index contributed by atoms with van der Waals surface area (Å²) < 4.78 is 2.41. The van der Waals surface area contributed by atoms with E-state index in [1.54, 1.807) is 12.4 Å². The maximum atomic E-state index is 4.91. The van der Waals surface area contributed by atoms with Gasteiger partial charge in [0.15, 0.2) is 5.82 Å². The molecule has 2 aliphatic rings. The summed E-state index contributed by atoms with van der Waals surface area (Å²) in [5, 5.41) is 3.61. The van der Waals surface area contributed by atoms with E-state index in [2.05, 4.69) is 39.1 Å². The van der Waals surface area contributed by atoms with Gasteiger partial charge in [-0.15, -0.1) is 0 Å². The van der Waals surface area contributed by atoms with Gasteiger partial charge in [0.25, 0.3) is 0 Å². The van der Waals surface area contributed by atoms with Gasteiger partial charge in [-0.2, -0.15) is 0 Å². The third kappa shape index (κ3) is 2.95. The molecule has 0 atom stereocenters. The summed E-state index contributed by atoms with van der Waals surface area (Å²) in [7, 11) is 0. The minimum Gasteiger partial charge on any atom is -0.362 e. The van der Waals surface area contributed by atoms with Crippen LogP contribution in [0.25, 0.3) is 22.4 Å². The van der Waals surface area contributed by atoms with E-state index in [9.17, 15) is 0 Å². The fourth-order valence-corrected chi connectivity index (χ4v) is 4.33. The van der Waals surface area contributed by atoms with Crippen LogP contribution >= 0.6 is 0 Å². The van der Waals surface area contributed by atoms with Crippen LogP contribution in [0.3, 0.4) is 0 Å². The fourth-order valence-electron chi connectivity index (χ4n) is 4.33. The quantitative estimate of drug-likeness (QED) is 0.557.